The summed E-state index contributed by atoms with van der Waals surface area (Å²) in [7, 11) is 2.08. The van der Waals surface area contributed by atoms with E-state index in [2.05, 4.69) is 38.0 Å². The highest BCUT2D eigenvalue weighted by atomic mass is 15.2. The van der Waals surface area contributed by atoms with Gasteiger partial charge in [0.1, 0.15) is 0 Å². The van der Waals surface area contributed by atoms with Crippen molar-refractivity contribution in [3.05, 3.63) is 0 Å². The summed E-state index contributed by atoms with van der Waals surface area (Å²) in [5, 5.41) is 3.39. The van der Waals surface area contributed by atoms with E-state index in [1.807, 2.05) is 0 Å². The molecule has 14 heavy (non-hydrogen) atoms. The normalized spacial score (nSPS) is 31.7. The summed E-state index contributed by atoms with van der Waals surface area (Å²) in [6.45, 7) is 9.52. The van der Waals surface area contributed by atoms with Crippen LogP contribution in [-0.2, 0) is 0 Å². The molecular formula is C12H26N2. The van der Waals surface area contributed by atoms with Gasteiger partial charge in [-0.1, -0.05) is 13.8 Å². The zero-order chi connectivity index (χ0) is 10.6. The molecule has 0 spiro atoms. The maximum absolute atomic E-state index is 3.39. The van der Waals surface area contributed by atoms with E-state index in [4.69, 9.17) is 0 Å². The van der Waals surface area contributed by atoms with Gasteiger partial charge in [-0.05, 0) is 39.2 Å². The van der Waals surface area contributed by atoms with Crippen LogP contribution in [0.4, 0.5) is 0 Å². The van der Waals surface area contributed by atoms with Gasteiger partial charge in [0.15, 0.2) is 0 Å². The Morgan fingerprint density at radius 1 is 1.36 bits per heavy atom. The van der Waals surface area contributed by atoms with Gasteiger partial charge in [-0.15, -0.1) is 0 Å². The zero-order valence-corrected chi connectivity index (χ0v) is 10.2. The van der Waals surface area contributed by atoms with E-state index in [0.29, 0.717) is 6.04 Å². The Morgan fingerprint density at radius 3 is 2.64 bits per heavy atom. The molecule has 2 nitrogen and oxygen atoms in total. The minimum absolute atomic E-state index is 0.669. The number of hydrogen-bond donors (Lipinski definition) is 1. The second kappa shape index (κ2) is 5.72. The molecule has 3 unspecified atom stereocenters. The van der Waals surface area contributed by atoms with Gasteiger partial charge in [0.25, 0.3) is 0 Å². The Labute approximate surface area is 89.1 Å². The SMILES string of the molecule is CCC(CN1CC(C)CCC1C)NC. The molecule has 1 saturated heterocycles. The molecule has 1 rings (SSSR count). The van der Waals surface area contributed by atoms with E-state index >= 15 is 0 Å². The quantitative estimate of drug-likeness (QED) is 0.744. The molecule has 0 bridgehead atoms. The van der Waals surface area contributed by atoms with Crippen molar-refractivity contribution in [2.75, 3.05) is 20.1 Å². The number of nitrogens with one attached hydrogen (secondary N) is 1. The molecule has 0 aromatic carbocycles. The van der Waals surface area contributed by atoms with Crippen molar-refractivity contribution in [1.29, 1.82) is 0 Å². The second-order valence-electron chi connectivity index (χ2n) is 4.88. The van der Waals surface area contributed by atoms with Crippen molar-refractivity contribution in [3.63, 3.8) is 0 Å². The van der Waals surface area contributed by atoms with Crippen molar-refractivity contribution in [3.8, 4) is 0 Å². The van der Waals surface area contributed by atoms with E-state index in [1.54, 1.807) is 0 Å². The van der Waals surface area contributed by atoms with E-state index < -0.39 is 0 Å². The molecule has 0 saturated carbocycles. The topological polar surface area (TPSA) is 15.3 Å². The average Bonchev–Trinajstić information content (AvgIpc) is 2.19. The first-order chi connectivity index (χ1) is 6.67. The number of likely N-dealkylation sites (tertiary alicyclic amines) is 1. The van der Waals surface area contributed by atoms with Crippen LogP contribution >= 0.6 is 0 Å². The molecule has 84 valence electrons. The Hall–Kier alpha value is -0.0800. The first-order valence-electron chi connectivity index (χ1n) is 6.08. The van der Waals surface area contributed by atoms with Crippen LogP contribution < -0.4 is 5.32 Å². The first kappa shape index (κ1) is 12.0. The molecule has 0 aromatic rings. The van der Waals surface area contributed by atoms with Crippen LogP contribution in [0.15, 0.2) is 0 Å². The predicted octanol–water partition coefficient (Wildman–Crippen LogP) is 2.10. The molecular weight excluding hydrogens is 172 g/mol. The molecule has 0 amide bonds. The molecule has 1 aliphatic rings. The first-order valence-corrected chi connectivity index (χ1v) is 6.08. The van der Waals surface area contributed by atoms with E-state index in [0.717, 1.165) is 12.0 Å². The van der Waals surface area contributed by atoms with Gasteiger partial charge in [-0.3, -0.25) is 4.90 Å². The van der Waals surface area contributed by atoms with Gasteiger partial charge in [0, 0.05) is 25.2 Å². The molecule has 1 aliphatic heterocycles. The summed E-state index contributed by atoms with van der Waals surface area (Å²) < 4.78 is 0. The third kappa shape index (κ3) is 3.25. The van der Waals surface area contributed by atoms with Crippen LogP contribution in [0.2, 0.25) is 0 Å². The molecule has 1 N–H and O–H groups in total. The minimum atomic E-state index is 0.669. The lowest BCUT2D eigenvalue weighted by Crippen LogP contribution is -2.47. The van der Waals surface area contributed by atoms with Crippen molar-refractivity contribution in [2.45, 2.75) is 52.1 Å². The van der Waals surface area contributed by atoms with Gasteiger partial charge in [0.05, 0.1) is 0 Å². The number of rotatable bonds is 4. The third-order valence-electron chi connectivity index (χ3n) is 3.60. The molecule has 0 radical (unpaired) electrons. The molecule has 0 aromatic heterocycles. The Balaban J connectivity index is 2.40. The smallest absolute Gasteiger partial charge is 0.0189 e. The van der Waals surface area contributed by atoms with Gasteiger partial charge in [-0.25, -0.2) is 0 Å². The highest BCUT2D eigenvalue weighted by molar-refractivity contribution is 4.80. The third-order valence-corrected chi connectivity index (χ3v) is 3.60. The van der Waals surface area contributed by atoms with Crippen LogP contribution in [0.3, 0.4) is 0 Å². The summed E-state index contributed by atoms with van der Waals surface area (Å²) in [6, 6.07) is 1.45. The Bertz CT molecular complexity index is 154. The number of likely N-dealkylation sites (N-methyl/N-ethyl adjacent to an activating group) is 1. The van der Waals surface area contributed by atoms with E-state index in [9.17, 15) is 0 Å². The van der Waals surface area contributed by atoms with Crippen LogP contribution in [0.25, 0.3) is 0 Å². The largest absolute Gasteiger partial charge is 0.316 e. The number of nitrogens with zero attached hydrogens (tertiary/aromatic N) is 1. The summed E-state index contributed by atoms with van der Waals surface area (Å²) in [5.41, 5.74) is 0. The standard InChI is InChI=1S/C12H26N2/c1-5-12(13-4)9-14-8-10(2)6-7-11(14)3/h10-13H,5-9H2,1-4H3. The minimum Gasteiger partial charge on any atom is -0.316 e. The fourth-order valence-electron chi connectivity index (χ4n) is 2.34. The van der Waals surface area contributed by atoms with Crippen molar-refractivity contribution < 1.29 is 0 Å². The molecule has 0 aliphatic carbocycles. The summed E-state index contributed by atoms with van der Waals surface area (Å²) in [4.78, 5) is 2.65. The van der Waals surface area contributed by atoms with Crippen molar-refractivity contribution in [2.24, 2.45) is 5.92 Å². The lowest BCUT2D eigenvalue weighted by molar-refractivity contribution is 0.112. The molecule has 2 heteroatoms. The lowest BCUT2D eigenvalue weighted by atomic mass is 9.94. The monoisotopic (exact) mass is 198 g/mol. The van der Waals surface area contributed by atoms with Crippen molar-refractivity contribution >= 4 is 0 Å². The fourth-order valence-corrected chi connectivity index (χ4v) is 2.34. The highest BCUT2D eigenvalue weighted by Crippen LogP contribution is 2.21. The van der Waals surface area contributed by atoms with Crippen LogP contribution in [0.5, 0.6) is 0 Å². The van der Waals surface area contributed by atoms with E-state index in [1.165, 1.54) is 32.4 Å². The Morgan fingerprint density at radius 2 is 2.07 bits per heavy atom. The predicted molar refractivity (Wildman–Crippen MR) is 62.6 cm³/mol. The summed E-state index contributed by atoms with van der Waals surface area (Å²) in [5.74, 6) is 0.889. The Kier molecular flexibility index (Phi) is 4.90. The van der Waals surface area contributed by atoms with Crippen LogP contribution in [0.1, 0.15) is 40.0 Å². The van der Waals surface area contributed by atoms with Gasteiger partial charge in [-0.2, -0.15) is 0 Å². The van der Waals surface area contributed by atoms with Crippen molar-refractivity contribution in [1.82, 2.24) is 10.2 Å². The fraction of sp³-hybridized carbons (Fsp3) is 1.00. The lowest BCUT2D eigenvalue weighted by Gasteiger charge is -2.38. The van der Waals surface area contributed by atoms with Gasteiger partial charge in [0.2, 0.25) is 0 Å². The summed E-state index contributed by atoms with van der Waals surface area (Å²) >= 11 is 0. The maximum Gasteiger partial charge on any atom is 0.0189 e. The number of hydrogen-bond acceptors (Lipinski definition) is 2. The molecule has 1 heterocycles. The summed E-state index contributed by atoms with van der Waals surface area (Å²) in [6.07, 6.45) is 4.02. The van der Waals surface area contributed by atoms with E-state index in [-0.39, 0.29) is 0 Å². The molecule has 1 fully saturated rings. The average molecular weight is 198 g/mol. The second-order valence-corrected chi connectivity index (χ2v) is 4.88. The molecule has 3 atom stereocenters. The zero-order valence-electron chi connectivity index (χ0n) is 10.2. The van der Waals surface area contributed by atoms with Crippen LogP contribution in [0, 0.1) is 5.92 Å². The van der Waals surface area contributed by atoms with Gasteiger partial charge >= 0.3 is 0 Å². The number of piperidine rings is 1. The van der Waals surface area contributed by atoms with Crippen LogP contribution in [-0.4, -0.2) is 37.1 Å². The maximum atomic E-state index is 3.39. The van der Waals surface area contributed by atoms with Gasteiger partial charge < -0.3 is 5.32 Å². The highest BCUT2D eigenvalue weighted by Gasteiger charge is 2.23.